The van der Waals surface area contributed by atoms with Crippen LogP contribution in [0.15, 0.2) is 6.20 Å². The predicted molar refractivity (Wildman–Crippen MR) is 70.1 cm³/mol. The minimum absolute atomic E-state index is 0.0619. The Labute approximate surface area is 116 Å². The molecule has 0 aromatic carbocycles. The van der Waals surface area contributed by atoms with Gasteiger partial charge in [0.25, 0.3) is 0 Å². The smallest absolute Gasteiger partial charge is 0.412 e. The van der Waals surface area contributed by atoms with Gasteiger partial charge in [0, 0.05) is 12.6 Å². The van der Waals surface area contributed by atoms with E-state index in [-0.39, 0.29) is 24.3 Å². The summed E-state index contributed by atoms with van der Waals surface area (Å²) in [5, 5.41) is 16.0. The Morgan fingerprint density at radius 1 is 1.60 bits per heavy atom. The Morgan fingerprint density at radius 3 is 3.15 bits per heavy atom. The first-order valence-corrected chi connectivity index (χ1v) is 6.42. The first-order valence-electron chi connectivity index (χ1n) is 6.42. The van der Waals surface area contributed by atoms with Crippen LogP contribution in [0.4, 0.5) is 10.6 Å². The molecule has 1 fully saturated rings. The van der Waals surface area contributed by atoms with E-state index in [1.165, 1.54) is 18.0 Å². The molecular formula is C11H18N6O3. The maximum absolute atomic E-state index is 11.8. The predicted octanol–water partition coefficient (Wildman–Crippen LogP) is -0.675. The van der Waals surface area contributed by atoms with Gasteiger partial charge in [-0.05, 0) is 19.4 Å². The topological polar surface area (TPSA) is 110 Å². The van der Waals surface area contributed by atoms with E-state index in [0.29, 0.717) is 0 Å². The number of hydrogen-bond acceptors (Lipinski definition) is 6. The molecule has 2 heterocycles. The number of rotatable bonds is 4. The van der Waals surface area contributed by atoms with E-state index >= 15 is 0 Å². The molecule has 0 radical (unpaired) electrons. The normalized spacial score (nSPS) is 18.4. The van der Waals surface area contributed by atoms with Gasteiger partial charge in [0.05, 0.1) is 13.3 Å². The van der Waals surface area contributed by atoms with Crippen LogP contribution in [-0.2, 0) is 16.1 Å². The molecule has 1 unspecified atom stereocenters. The van der Waals surface area contributed by atoms with Crippen LogP contribution in [0.2, 0.25) is 0 Å². The molecule has 20 heavy (non-hydrogen) atoms. The second kappa shape index (κ2) is 6.85. The maximum Gasteiger partial charge on any atom is 0.412 e. The summed E-state index contributed by atoms with van der Waals surface area (Å²) in [6.45, 7) is 1.85. The van der Waals surface area contributed by atoms with E-state index in [0.717, 1.165) is 25.9 Å². The van der Waals surface area contributed by atoms with Crippen LogP contribution in [0, 0.1) is 0 Å². The van der Waals surface area contributed by atoms with Gasteiger partial charge in [0.2, 0.25) is 5.91 Å². The molecule has 9 heteroatoms. The molecule has 2 rings (SSSR count). The van der Waals surface area contributed by atoms with E-state index in [1.54, 1.807) is 0 Å². The number of methoxy groups -OCH3 is 1. The summed E-state index contributed by atoms with van der Waals surface area (Å²) in [7, 11) is 1.26. The van der Waals surface area contributed by atoms with Crippen LogP contribution in [0.5, 0.6) is 0 Å². The van der Waals surface area contributed by atoms with Crippen molar-refractivity contribution in [3.63, 3.8) is 0 Å². The number of amides is 2. The van der Waals surface area contributed by atoms with Crippen molar-refractivity contribution in [2.75, 3.05) is 25.5 Å². The number of carbonyl (C=O) groups excluding carboxylic acids is 2. The van der Waals surface area contributed by atoms with Gasteiger partial charge in [-0.3, -0.25) is 10.1 Å². The molecule has 0 saturated carbocycles. The molecule has 3 N–H and O–H groups in total. The third kappa shape index (κ3) is 4.19. The zero-order valence-electron chi connectivity index (χ0n) is 11.3. The number of anilines is 1. The van der Waals surface area contributed by atoms with Gasteiger partial charge in [-0.1, -0.05) is 5.21 Å². The lowest BCUT2D eigenvalue weighted by molar-refractivity contribution is -0.122. The average Bonchev–Trinajstić information content (AvgIpc) is 2.86. The highest BCUT2D eigenvalue weighted by molar-refractivity contribution is 5.82. The molecule has 2 amide bonds. The lowest BCUT2D eigenvalue weighted by Gasteiger charge is -2.23. The SMILES string of the molecule is COC(=O)Nc1cn(CC(=O)NC2CCCNC2)nn1. The molecule has 1 atom stereocenters. The van der Waals surface area contributed by atoms with Crippen molar-refractivity contribution in [3.05, 3.63) is 6.20 Å². The van der Waals surface area contributed by atoms with E-state index in [9.17, 15) is 9.59 Å². The number of nitrogens with one attached hydrogen (secondary N) is 3. The van der Waals surface area contributed by atoms with Crippen LogP contribution in [0.1, 0.15) is 12.8 Å². The Morgan fingerprint density at radius 2 is 2.45 bits per heavy atom. The highest BCUT2D eigenvalue weighted by Crippen LogP contribution is 2.02. The van der Waals surface area contributed by atoms with Crippen molar-refractivity contribution in [2.45, 2.75) is 25.4 Å². The molecule has 9 nitrogen and oxygen atoms in total. The van der Waals surface area contributed by atoms with Crippen molar-refractivity contribution in [1.29, 1.82) is 0 Å². The Balaban J connectivity index is 1.80. The molecule has 1 aromatic rings. The van der Waals surface area contributed by atoms with Crippen LogP contribution < -0.4 is 16.0 Å². The highest BCUT2D eigenvalue weighted by atomic mass is 16.5. The van der Waals surface area contributed by atoms with Gasteiger partial charge in [0.1, 0.15) is 6.54 Å². The zero-order valence-corrected chi connectivity index (χ0v) is 11.3. The minimum atomic E-state index is -0.630. The van der Waals surface area contributed by atoms with Crippen LogP contribution >= 0.6 is 0 Å². The largest absolute Gasteiger partial charge is 0.453 e. The lowest BCUT2D eigenvalue weighted by Crippen LogP contribution is -2.46. The van der Waals surface area contributed by atoms with Gasteiger partial charge in [-0.15, -0.1) is 5.10 Å². The van der Waals surface area contributed by atoms with Gasteiger partial charge in [0.15, 0.2) is 5.82 Å². The van der Waals surface area contributed by atoms with Crippen molar-refractivity contribution < 1.29 is 14.3 Å². The minimum Gasteiger partial charge on any atom is -0.453 e. The summed E-state index contributed by atoms with van der Waals surface area (Å²) >= 11 is 0. The summed E-state index contributed by atoms with van der Waals surface area (Å²) < 4.78 is 5.79. The molecular weight excluding hydrogens is 264 g/mol. The third-order valence-electron chi connectivity index (χ3n) is 2.92. The van der Waals surface area contributed by atoms with Crippen molar-refractivity contribution in [2.24, 2.45) is 0 Å². The molecule has 1 aliphatic heterocycles. The summed E-state index contributed by atoms with van der Waals surface area (Å²) in [4.78, 5) is 22.8. The van der Waals surface area contributed by atoms with E-state index < -0.39 is 6.09 Å². The summed E-state index contributed by atoms with van der Waals surface area (Å²) in [6.07, 6.45) is 2.87. The molecule has 0 spiro atoms. The molecule has 1 aliphatic rings. The molecule has 1 saturated heterocycles. The van der Waals surface area contributed by atoms with Crippen LogP contribution in [0.25, 0.3) is 0 Å². The first kappa shape index (κ1) is 14.3. The first-order chi connectivity index (χ1) is 9.67. The van der Waals surface area contributed by atoms with Gasteiger partial charge in [-0.2, -0.15) is 0 Å². The molecule has 1 aromatic heterocycles. The Bertz CT molecular complexity index is 468. The maximum atomic E-state index is 11.8. The summed E-state index contributed by atoms with van der Waals surface area (Å²) in [5.41, 5.74) is 0. The number of ether oxygens (including phenoxy) is 1. The summed E-state index contributed by atoms with van der Waals surface area (Å²) in [5.74, 6) is 0.109. The van der Waals surface area contributed by atoms with Gasteiger partial charge in [-0.25, -0.2) is 9.48 Å². The zero-order chi connectivity index (χ0) is 14.4. The summed E-state index contributed by atoms with van der Waals surface area (Å²) in [6, 6.07) is 0.160. The Kier molecular flexibility index (Phi) is 4.88. The number of carbonyl (C=O) groups is 2. The van der Waals surface area contributed by atoms with Crippen molar-refractivity contribution in [3.8, 4) is 0 Å². The fourth-order valence-electron chi connectivity index (χ4n) is 1.98. The molecule has 0 bridgehead atoms. The van der Waals surface area contributed by atoms with Crippen LogP contribution in [0.3, 0.4) is 0 Å². The van der Waals surface area contributed by atoms with Crippen molar-refractivity contribution >= 4 is 17.8 Å². The van der Waals surface area contributed by atoms with Gasteiger partial charge >= 0.3 is 6.09 Å². The second-order valence-electron chi connectivity index (χ2n) is 4.53. The fraction of sp³-hybridized carbons (Fsp3) is 0.636. The van der Waals surface area contributed by atoms with E-state index in [4.69, 9.17) is 0 Å². The van der Waals surface area contributed by atoms with E-state index in [1.807, 2.05) is 0 Å². The molecule has 0 aliphatic carbocycles. The van der Waals surface area contributed by atoms with E-state index in [2.05, 4.69) is 31.0 Å². The quantitative estimate of drug-likeness (QED) is 0.675. The number of piperidine rings is 1. The van der Waals surface area contributed by atoms with Crippen LogP contribution in [-0.4, -0.2) is 53.2 Å². The lowest BCUT2D eigenvalue weighted by atomic mass is 10.1. The Hall–Kier alpha value is -2.16. The number of aromatic nitrogens is 3. The fourth-order valence-corrected chi connectivity index (χ4v) is 1.98. The van der Waals surface area contributed by atoms with Gasteiger partial charge < -0.3 is 15.4 Å². The number of hydrogen-bond donors (Lipinski definition) is 3. The van der Waals surface area contributed by atoms with Crippen molar-refractivity contribution in [1.82, 2.24) is 25.6 Å². The molecule has 110 valence electrons. The standard InChI is InChI=1S/C11H18N6O3/c1-20-11(19)14-9-6-17(16-15-9)7-10(18)13-8-3-2-4-12-5-8/h6,8,12H,2-5,7H2,1H3,(H,13,18)(H,14,19). The number of nitrogens with zero attached hydrogens (tertiary/aromatic N) is 3. The monoisotopic (exact) mass is 282 g/mol. The second-order valence-corrected chi connectivity index (χ2v) is 4.53. The average molecular weight is 282 g/mol. The highest BCUT2D eigenvalue weighted by Gasteiger charge is 2.16. The third-order valence-corrected chi connectivity index (χ3v) is 2.92.